The van der Waals surface area contributed by atoms with Crippen LogP contribution in [0.3, 0.4) is 0 Å². The van der Waals surface area contributed by atoms with Gasteiger partial charge < -0.3 is 119 Å². The van der Waals surface area contributed by atoms with Gasteiger partial charge in [0.1, 0.15) is 97.6 Å². The number of methoxy groups -OCH3 is 1. The third-order valence-corrected chi connectivity index (χ3v) is 12.9. The van der Waals surface area contributed by atoms with E-state index in [1.54, 1.807) is 0 Å². The molecule has 1 aliphatic carbocycles. The van der Waals surface area contributed by atoms with E-state index < -0.39 is 147 Å². The maximum Gasteiger partial charge on any atom is 0.330 e. The number of hydrogen-bond donors (Lipinski definition) is 14. The first-order valence-electron chi connectivity index (χ1n) is 23.9. The number of aromatic hydroxyl groups is 4. The van der Waals surface area contributed by atoms with Crippen molar-refractivity contribution < 1.29 is 128 Å². The molecule has 16 atom stereocenters. The topological polar surface area (TPSA) is 413 Å². The molecule has 0 saturated carbocycles. The van der Waals surface area contributed by atoms with Gasteiger partial charge in [-0.25, -0.2) is 9.59 Å². The molecule has 15 N–H and O–H groups in total. The highest BCUT2D eigenvalue weighted by Crippen LogP contribution is 2.40. The zero-order chi connectivity index (χ0) is 56.1. The smallest absolute Gasteiger partial charge is 0.330 e. The van der Waals surface area contributed by atoms with Crippen LogP contribution in [0.15, 0.2) is 114 Å². The number of phenols is 4. The molecule has 4 heterocycles. The van der Waals surface area contributed by atoms with Crippen LogP contribution in [0.25, 0.3) is 17.9 Å². The SMILES string of the molecule is COc1cc(C=CC(=O)OCC2OC(OC3=C(c4ccc(O)cc4)[OH+]C4C=C(O)C=C(OC5OC(CO)C(O)C(O)C5O)C4=C3)C(OC3OC(COC(=O)C=Cc4ccc(O)c(O)c4)C(O)C(O)C3O)C(O)C2O)ccc1O. The molecule has 5 aliphatic rings. The highest BCUT2D eigenvalue weighted by Gasteiger charge is 2.53. The van der Waals surface area contributed by atoms with Crippen molar-refractivity contribution in [2.75, 3.05) is 26.9 Å². The Morgan fingerprint density at radius 2 is 1.17 bits per heavy atom. The molecule has 26 nitrogen and oxygen atoms in total. The van der Waals surface area contributed by atoms with Crippen LogP contribution in [0.2, 0.25) is 0 Å². The number of aliphatic hydroxyl groups is 12. The molecule has 3 aromatic rings. The van der Waals surface area contributed by atoms with Crippen LogP contribution in [-0.4, -0.2) is 213 Å². The number of allylic oxidation sites excluding steroid dienone is 2. The second-order valence-corrected chi connectivity index (χ2v) is 18.2. The Morgan fingerprint density at radius 1 is 0.603 bits per heavy atom. The van der Waals surface area contributed by atoms with E-state index in [4.69, 9.17) is 47.4 Å². The number of aliphatic hydroxyl groups excluding tert-OH is 10. The van der Waals surface area contributed by atoms with Crippen molar-refractivity contribution in [3.8, 4) is 28.7 Å². The van der Waals surface area contributed by atoms with Gasteiger partial charge in [0, 0.05) is 24.3 Å². The standard InChI is InChI=1S/C52H56O26/c1-69-33-15-23(3-11-29(33)57)5-13-39(60)71-21-37-42(63)45(66)49(78-51-47(68)44(65)41(62)36(76-51)20-70-38(59)12-4-22-2-10-28(56)30(58)14-22)52(77-37)74-34-18-27-31(72-48(34)24-6-8-25(54)9-7-24)16-26(55)17-32(27)73-50-46(67)43(64)40(61)35(19-53)75-50/h2-18,31,35-37,40-47,49-58,61-68H,19-21H2,1H3/p+1. The molecule has 0 spiro atoms. The fraction of sp³-hybridized carbons (Fsp3) is 0.385. The summed E-state index contributed by atoms with van der Waals surface area (Å²) in [6, 6.07) is 13.4. The molecule has 3 aromatic carbocycles. The summed E-state index contributed by atoms with van der Waals surface area (Å²) in [6.07, 6.45) is -21.1. The van der Waals surface area contributed by atoms with Crippen molar-refractivity contribution in [1.82, 2.24) is 0 Å². The number of phenolic OH excluding ortho intramolecular Hbond substituents is 4. The summed E-state index contributed by atoms with van der Waals surface area (Å²) < 4.78 is 56.5. The molecule has 78 heavy (non-hydrogen) atoms. The quantitative estimate of drug-likeness (QED) is 0.0312. The Kier molecular flexibility index (Phi) is 17.9. The predicted octanol–water partition coefficient (Wildman–Crippen LogP) is -1.65. The van der Waals surface area contributed by atoms with Gasteiger partial charge in [0.15, 0.2) is 35.4 Å². The monoisotopic (exact) mass is 1100 g/mol. The lowest BCUT2D eigenvalue weighted by Crippen LogP contribution is -2.64. The van der Waals surface area contributed by atoms with Crippen molar-refractivity contribution >= 4 is 29.8 Å². The summed E-state index contributed by atoms with van der Waals surface area (Å²) >= 11 is 0. The summed E-state index contributed by atoms with van der Waals surface area (Å²) in [4.78, 5) is 25.8. The van der Waals surface area contributed by atoms with Crippen molar-refractivity contribution in [2.24, 2.45) is 0 Å². The number of ether oxygens (including phenoxy) is 10. The number of hydrogen-bond acceptors (Lipinski definition) is 25. The Hall–Kier alpha value is -7.28. The number of esters is 2. The van der Waals surface area contributed by atoms with Gasteiger partial charge in [0.05, 0.1) is 30.9 Å². The molecule has 16 unspecified atom stereocenters. The molecule has 0 radical (unpaired) electrons. The minimum atomic E-state index is -2.12. The third-order valence-electron chi connectivity index (χ3n) is 12.9. The number of carbonyl (C=O) groups excluding carboxylic acids is 2. The molecule has 420 valence electrons. The molecular weight excluding hydrogens is 1040 g/mol. The lowest BCUT2D eigenvalue weighted by Gasteiger charge is -2.46. The third kappa shape index (κ3) is 12.8. The summed E-state index contributed by atoms with van der Waals surface area (Å²) in [5.74, 6) is -3.98. The second-order valence-electron chi connectivity index (χ2n) is 18.2. The Bertz CT molecular complexity index is 2820. The molecule has 0 aromatic heterocycles. The van der Waals surface area contributed by atoms with Crippen molar-refractivity contribution in [3.63, 3.8) is 0 Å². The molecule has 0 bridgehead atoms. The van der Waals surface area contributed by atoms with Crippen LogP contribution in [0.4, 0.5) is 0 Å². The summed E-state index contributed by atoms with van der Waals surface area (Å²) in [5, 5.41) is 149. The number of carbonyl (C=O) groups is 2. The highest BCUT2D eigenvalue weighted by atomic mass is 16.8. The molecule has 26 heteroatoms. The van der Waals surface area contributed by atoms with E-state index in [1.807, 2.05) is 0 Å². The van der Waals surface area contributed by atoms with Gasteiger partial charge in [0.2, 0.25) is 24.4 Å². The molecule has 4 aliphatic heterocycles. The van der Waals surface area contributed by atoms with Crippen LogP contribution in [0.1, 0.15) is 16.7 Å². The average Bonchev–Trinajstić information content (AvgIpc) is 3.48. The van der Waals surface area contributed by atoms with Gasteiger partial charge in [-0.3, -0.25) is 0 Å². The normalized spacial score (nSPS) is 32.1. The molecule has 3 fully saturated rings. The summed E-state index contributed by atoms with van der Waals surface area (Å²) in [5.41, 5.74) is 1.03. The molecule has 8 rings (SSSR count). The van der Waals surface area contributed by atoms with Gasteiger partial charge in [-0.05, 0) is 71.8 Å². The zero-order valence-electron chi connectivity index (χ0n) is 40.9. The highest BCUT2D eigenvalue weighted by molar-refractivity contribution is 5.87. The minimum Gasteiger partial charge on any atom is -0.571 e. The van der Waals surface area contributed by atoms with Crippen molar-refractivity contribution in [3.05, 3.63) is 131 Å². The first kappa shape index (κ1) is 56.9. The van der Waals surface area contributed by atoms with Crippen LogP contribution >= 0.6 is 0 Å². The van der Waals surface area contributed by atoms with Gasteiger partial charge in [-0.2, -0.15) is 0 Å². The van der Waals surface area contributed by atoms with E-state index in [0.717, 1.165) is 24.3 Å². The van der Waals surface area contributed by atoms with Crippen LogP contribution < -0.4 is 4.74 Å². The van der Waals surface area contributed by atoms with E-state index >= 15 is 0 Å². The maximum atomic E-state index is 13.0. The number of rotatable bonds is 17. The number of benzene rings is 3. The fourth-order valence-electron chi connectivity index (χ4n) is 8.58. The van der Waals surface area contributed by atoms with Crippen molar-refractivity contribution in [2.45, 2.75) is 98.2 Å². The molecule has 0 amide bonds. The van der Waals surface area contributed by atoms with Crippen LogP contribution in [0.5, 0.6) is 28.7 Å². The Morgan fingerprint density at radius 3 is 1.78 bits per heavy atom. The lowest BCUT2D eigenvalue weighted by atomic mass is 9.96. The van der Waals surface area contributed by atoms with Gasteiger partial charge in [0.25, 0.3) is 0 Å². The van der Waals surface area contributed by atoms with Crippen LogP contribution in [-0.2, 0) is 47.5 Å². The first-order chi connectivity index (χ1) is 37.2. The van der Waals surface area contributed by atoms with Crippen molar-refractivity contribution in [1.29, 1.82) is 0 Å². The van der Waals surface area contributed by atoms with E-state index in [0.29, 0.717) is 5.56 Å². The molecular formula is C52H57O26+. The second kappa shape index (κ2) is 24.6. The lowest BCUT2D eigenvalue weighted by molar-refractivity contribution is -0.363. The Balaban J connectivity index is 1.10. The summed E-state index contributed by atoms with van der Waals surface area (Å²) in [6.45, 7) is -2.33. The largest absolute Gasteiger partial charge is 0.571 e. The Labute approximate surface area is 441 Å². The molecule has 3 saturated heterocycles. The first-order valence-corrected chi connectivity index (χ1v) is 23.9. The van der Waals surface area contributed by atoms with E-state index in [1.165, 1.54) is 86.0 Å². The van der Waals surface area contributed by atoms with Gasteiger partial charge in [-0.15, -0.1) is 0 Å². The summed E-state index contributed by atoms with van der Waals surface area (Å²) in [7, 11) is 1.33. The van der Waals surface area contributed by atoms with Crippen LogP contribution in [0, 0.1) is 0 Å². The minimum absolute atomic E-state index is 0.0329. The fourth-order valence-corrected chi connectivity index (χ4v) is 8.58. The zero-order valence-corrected chi connectivity index (χ0v) is 40.9. The number of fused-ring (bicyclic) bond motifs is 1. The maximum absolute atomic E-state index is 13.0. The average molecular weight is 1100 g/mol. The van der Waals surface area contributed by atoms with E-state index in [2.05, 4.69) is 0 Å². The van der Waals surface area contributed by atoms with E-state index in [-0.39, 0.29) is 51.2 Å². The van der Waals surface area contributed by atoms with E-state index in [9.17, 15) is 81.1 Å². The predicted molar refractivity (Wildman–Crippen MR) is 260 cm³/mol. The van der Waals surface area contributed by atoms with Gasteiger partial charge in [-0.1, -0.05) is 12.1 Å². The van der Waals surface area contributed by atoms with Gasteiger partial charge >= 0.3 is 17.7 Å².